The number of imide groups is 1. The molecule has 1 aliphatic carbocycles. The number of pyridine rings is 1. The Morgan fingerprint density at radius 2 is 1.76 bits per heavy atom. The molecule has 2 aromatic rings. The van der Waals surface area contributed by atoms with Gasteiger partial charge in [0.2, 0.25) is 5.91 Å². The molecule has 10 nitrogen and oxygen atoms in total. The third-order valence-electron chi connectivity index (χ3n) is 7.16. The van der Waals surface area contributed by atoms with E-state index in [9.17, 15) is 19.2 Å². The van der Waals surface area contributed by atoms with Crippen LogP contribution in [-0.4, -0.2) is 69.9 Å². The van der Waals surface area contributed by atoms with Crippen molar-refractivity contribution in [3.05, 3.63) is 57.7 Å². The zero-order chi connectivity index (χ0) is 27.4. The minimum Gasteiger partial charge on any atom is -0.444 e. The van der Waals surface area contributed by atoms with Crippen molar-refractivity contribution in [1.82, 2.24) is 14.8 Å². The number of rotatable bonds is 6. The van der Waals surface area contributed by atoms with Gasteiger partial charge < -0.3 is 14.8 Å². The van der Waals surface area contributed by atoms with Crippen LogP contribution in [0, 0.1) is 5.41 Å². The molecule has 3 atom stereocenters. The number of aromatic nitrogens is 1. The quantitative estimate of drug-likeness (QED) is 0.402. The molecule has 1 aromatic carbocycles. The number of amides is 4. The van der Waals surface area contributed by atoms with Crippen LogP contribution in [0.3, 0.4) is 0 Å². The van der Waals surface area contributed by atoms with Crippen LogP contribution in [0.15, 0.2) is 41.0 Å². The fraction of sp³-hybridized carbons (Fsp3) is 0.444. The number of methoxy groups -OCH3 is 1. The summed E-state index contributed by atoms with van der Waals surface area (Å²) in [6.45, 7) is 5.64. The maximum atomic E-state index is 13.6. The van der Waals surface area contributed by atoms with Crippen LogP contribution in [0.4, 0.5) is 10.6 Å². The Morgan fingerprint density at radius 1 is 1.11 bits per heavy atom. The number of carbonyl (C=O) groups is 4. The van der Waals surface area contributed by atoms with Gasteiger partial charge in [-0.3, -0.25) is 24.2 Å². The van der Waals surface area contributed by atoms with E-state index in [1.165, 1.54) is 9.80 Å². The molecule has 2 aliphatic heterocycles. The van der Waals surface area contributed by atoms with Crippen molar-refractivity contribution >= 4 is 45.6 Å². The summed E-state index contributed by atoms with van der Waals surface area (Å²) in [6, 6.07) is 9.05. The molecule has 0 radical (unpaired) electrons. The van der Waals surface area contributed by atoms with E-state index in [0.717, 1.165) is 0 Å². The molecular formula is C27H29BrN4O6. The van der Waals surface area contributed by atoms with Gasteiger partial charge in [-0.1, -0.05) is 18.2 Å². The first-order valence-corrected chi connectivity index (χ1v) is 13.2. The molecule has 2 fully saturated rings. The zero-order valence-electron chi connectivity index (χ0n) is 21.6. The molecule has 0 spiro atoms. The van der Waals surface area contributed by atoms with Crippen LogP contribution in [0.1, 0.15) is 59.9 Å². The minimum atomic E-state index is -0.866. The second-order valence-electron chi connectivity index (χ2n) is 11.0. The number of benzene rings is 1. The Bertz CT molecular complexity index is 1310. The lowest BCUT2D eigenvalue weighted by molar-refractivity contribution is -0.121. The van der Waals surface area contributed by atoms with Crippen LogP contribution in [0.5, 0.6) is 0 Å². The second-order valence-corrected chi connectivity index (χ2v) is 11.8. The number of fused-ring (bicyclic) bond motifs is 2. The molecule has 1 N–H and O–H groups in total. The van der Waals surface area contributed by atoms with Gasteiger partial charge in [0.05, 0.1) is 17.7 Å². The molecule has 5 rings (SSSR count). The predicted molar refractivity (Wildman–Crippen MR) is 140 cm³/mol. The first-order valence-electron chi connectivity index (χ1n) is 12.4. The van der Waals surface area contributed by atoms with Crippen molar-refractivity contribution in [3.63, 3.8) is 0 Å². The number of anilines is 1. The van der Waals surface area contributed by atoms with Gasteiger partial charge in [-0.05, 0) is 67.7 Å². The number of nitrogens with zero attached hydrogens (tertiary/aromatic N) is 3. The number of ether oxygens (including phenoxy) is 2. The van der Waals surface area contributed by atoms with Crippen molar-refractivity contribution < 1.29 is 28.7 Å². The molecule has 1 aromatic heterocycles. The van der Waals surface area contributed by atoms with Gasteiger partial charge in [-0.15, -0.1) is 0 Å². The highest BCUT2D eigenvalue weighted by Gasteiger charge is 2.69. The van der Waals surface area contributed by atoms with Gasteiger partial charge >= 0.3 is 6.09 Å². The third-order valence-corrected chi connectivity index (χ3v) is 7.60. The molecule has 4 amide bonds. The summed E-state index contributed by atoms with van der Waals surface area (Å²) in [7, 11) is 1.55. The standard InChI is InChI=1S/C27H29BrN4O6/c1-26(2,3)38-25(36)32-18(22(33)30-21-15(13-37-4)9-10-20(28)29-21)11-27(12-19(27)32)14-31-23(34)16-7-5-6-8-17(16)24(31)35/h5-10,18-19H,11-14H2,1-4H3,(H,29,30,33)/t18-,19+,27-/m0/s1. The number of nitrogens with one attached hydrogen (secondary N) is 1. The lowest BCUT2D eigenvalue weighted by atomic mass is 9.98. The molecular weight excluding hydrogens is 556 g/mol. The molecule has 1 saturated heterocycles. The Morgan fingerprint density at radius 3 is 2.37 bits per heavy atom. The van der Waals surface area contributed by atoms with Crippen molar-refractivity contribution in [2.45, 2.75) is 57.9 Å². The molecule has 3 heterocycles. The van der Waals surface area contributed by atoms with Gasteiger partial charge in [0.25, 0.3) is 11.8 Å². The van der Waals surface area contributed by atoms with Crippen molar-refractivity contribution in [3.8, 4) is 0 Å². The van der Waals surface area contributed by atoms with Crippen molar-refractivity contribution in [1.29, 1.82) is 0 Å². The molecule has 1 saturated carbocycles. The normalized spacial score (nSPS) is 23.8. The van der Waals surface area contributed by atoms with Crippen LogP contribution < -0.4 is 5.32 Å². The zero-order valence-corrected chi connectivity index (χ0v) is 23.2. The van der Waals surface area contributed by atoms with E-state index in [1.807, 2.05) is 0 Å². The summed E-state index contributed by atoms with van der Waals surface area (Å²) >= 11 is 3.33. The highest BCUT2D eigenvalue weighted by atomic mass is 79.9. The molecule has 0 unspecified atom stereocenters. The Hall–Kier alpha value is -3.31. The fourth-order valence-corrected chi connectivity index (χ4v) is 5.71. The summed E-state index contributed by atoms with van der Waals surface area (Å²) < 4.78 is 11.4. The summed E-state index contributed by atoms with van der Waals surface area (Å²) in [4.78, 5) is 60.1. The number of hydrogen-bond acceptors (Lipinski definition) is 7. The van der Waals surface area contributed by atoms with E-state index in [1.54, 1.807) is 64.3 Å². The van der Waals surface area contributed by atoms with E-state index >= 15 is 0 Å². The fourth-order valence-electron chi connectivity index (χ4n) is 5.40. The highest BCUT2D eigenvalue weighted by Crippen LogP contribution is 2.60. The van der Waals surface area contributed by atoms with Gasteiger partial charge in [0.1, 0.15) is 22.1 Å². The number of carbonyl (C=O) groups excluding carboxylic acids is 4. The van der Waals surface area contributed by atoms with Crippen molar-refractivity contribution in [2.75, 3.05) is 19.0 Å². The molecule has 0 bridgehead atoms. The first-order chi connectivity index (χ1) is 17.9. The summed E-state index contributed by atoms with van der Waals surface area (Å²) in [6.07, 6.45) is 0.237. The Labute approximate surface area is 228 Å². The lowest BCUT2D eigenvalue weighted by Crippen LogP contribution is -2.47. The Kier molecular flexibility index (Phi) is 6.55. The SMILES string of the molecule is COCc1ccc(Br)nc1NC(=O)[C@@H]1C[C@@]2(CN3C(=O)c4ccccc4C3=O)C[C@H]2N1C(=O)OC(C)(C)C. The smallest absolute Gasteiger partial charge is 0.411 e. The van der Waals surface area contributed by atoms with Gasteiger partial charge in [0, 0.05) is 30.7 Å². The molecule has 11 heteroatoms. The summed E-state index contributed by atoms with van der Waals surface area (Å²) in [5.74, 6) is -0.812. The number of halogens is 1. The average Bonchev–Trinajstić information content (AvgIpc) is 3.36. The Balaban J connectivity index is 1.41. The first kappa shape index (κ1) is 26.3. The summed E-state index contributed by atoms with van der Waals surface area (Å²) in [5.41, 5.74) is 0.0595. The van der Waals surface area contributed by atoms with Crippen LogP contribution >= 0.6 is 15.9 Å². The largest absolute Gasteiger partial charge is 0.444 e. The van der Waals surface area contributed by atoms with Gasteiger partial charge in [0.15, 0.2) is 0 Å². The number of hydrogen-bond donors (Lipinski definition) is 1. The second kappa shape index (κ2) is 9.46. The summed E-state index contributed by atoms with van der Waals surface area (Å²) in [5, 5.41) is 2.85. The topological polar surface area (TPSA) is 118 Å². The van der Waals surface area contributed by atoms with E-state index in [-0.39, 0.29) is 37.4 Å². The van der Waals surface area contributed by atoms with E-state index in [4.69, 9.17) is 9.47 Å². The van der Waals surface area contributed by atoms with Crippen LogP contribution in [0.25, 0.3) is 0 Å². The molecule has 38 heavy (non-hydrogen) atoms. The monoisotopic (exact) mass is 584 g/mol. The average molecular weight is 585 g/mol. The maximum Gasteiger partial charge on any atom is 0.411 e. The lowest BCUT2D eigenvalue weighted by Gasteiger charge is -2.30. The number of piperidine rings is 1. The molecule has 200 valence electrons. The van der Waals surface area contributed by atoms with E-state index < -0.39 is 29.1 Å². The van der Waals surface area contributed by atoms with E-state index in [2.05, 4.69) is 26.2 Å². The van der Waals surface area contributed by atoms with Crippen molar-refractivity contribution in [2.24, 2.45) is 5.41 Å². The maximum absolute atomic E-state index is 13.6. The van der Waals surface area contributed by atoms with E-state index in [0.29, 0.717) is 33.5 Å². The van der Waals surface area contributed by atoms with Crippen LogP contribution in [0.2, 0.25) is 0 Å². The van der Waals surface area contributed by atoms with Gasteiger partial charge in [-0.25, -0.2) is 9.78 Å². The number of likely N-dealkylation sites (tertiary alicyclic amines) is 1. The minimum absolute atomic E-state index is 0.122. The highest BCUT2D eigenvalue weighted by molar-refractivity contribution is 9.10. The third kappa shape index (κ3) is 4.69. The van der Waals surface area contributed by atoms with Gasteiger partial charge in [-0.2, -0.15) is 0 Å². The predicted octanol–water partition coefficient (Wildman–Crippen LogP) is 3.99. The molecule has 3 aliphatic rings. The van der Waals surface area contributed by atoms with Crippen LogP contribution in [-0.2, 0) is 20.9 Å².